The smallest absolute Gasteiger partial charge is 0.320 e. The molecule has 0 saturated carbocycles. The van der Waals surface area contributed by atoms with Crippen molar-refractivity contribution in [2.75, 3.05) is 10.7 Å². The number of hydrogen-bond donors (Lipinski definition) is 0. The van der Waals surface area contributed by atoms with Gasteiger partial charge in [0.05, 0.1) is 5.69 Å². The molecule has 8 nitrogen and oxygen atoms in total. The second kappa shape index (κ2) is 9.06. The van der Waals surface area contributed by atoms with Gasteiger partial charge in [0, 0.05) is 10.6 Å². The van der Waals surface area contributed by atoms with Crippen molar-refractivity contribution in [3.05, 3.63) is 64.6 Å². The van der Waals surface area contributed by atoms with Crippen LogP contribution in [0.1, 0.15) is 11.8 Å². The van der Waals surface area contributed by atoms with Crippen molar-refractivity contribution in [1.29, 1.82) is 0 Å². The van der Waals surface area contributed by atoms with Crippen molar-refractivity contribution in [2.24, 2.45) is 9.98 Å². The number of aryl methyl sites for hydroxylation is 1. The average molecular weight is 440 g/mol. The van der Waals surface area contributed by atoms with Crippen LogP contribution in [0.15, 0.2) is 74.2 Å². The number of anilines is 1. The highest BCUT2D eigenvalue weighted by atomic mass is 32.2. The van der Waals surface area contributed by atoms with E-state index in [1.165, 1.54) is 20.9 Å². The van der Waals surface area contributed by atoms with Crippen LogP contribution in [0.4, 0.5) is 11.6 Å². The lowest BCUT2D eigenvalue weighted by Crippen LogP contribution is -2.32. The molecule has 0 spiro atoms. The highest BCUT2D eigenvalue weighted by Gasteiger charge is 2.31. The van der Waals surface area contributed by atoms with E-state index in [-0.39, 0.29) is 17.5 Å². The molecule has 0 atom stereocenters. The maximum absolute atomic E-state index is 13.0. The third-order valence-electron chi connectivity index (χ3n) is 4.05. The fourth-order valence-corrected chi connectivity index (χ4v) is 4.10. The van der Waals surface area contributed by atoms with Crippen LogP contribution in [0.3, 0.4) is 0 Å². The Morgan fingerprint density at radius 3 is 2.87 bits per heavy atom. The zero-order valence-electron chi connectivity index (χ0n) is 16.0. The number of thioether (sulfide) groups is 1. The molecule has 1 amide bonds. The summed E-state index contributed by atoms with van der Waals surface area (Å²) in [5.41, 5.74) is 1.01. The summed E-state index contributed by atoms with van der Waals surface area (Å²) in [4.78, 5) is 23.8. The molecule has 0 unspecified atom stereocenters. The maximum atomic E-state index is 13.0. The first-order valence-electron chi connectivity index (χ1n) is 9.11. The minimum Gasteiger partial charge on any atom is -0.861 e. The molecule has 0 radical (unpaired) electrons. The van der Waals surface area contributed by atoms with Crippen molar-refractivity contribution in [3.63, 3.8) is 0 Å². The summed E-state index contributed by atoms with van der Waals surface area (Å²) in [6.45, 7) is 2.52. The van der Waals surface area contributed by atoms with Crippen molar-refractivity contribution < 1.29 is 19.1 Å². The Morgan fingerprint density at radius 2 is 2.17 bits per heavy atom. The first-order chi connectivity index (χ1) is 14.6. The number of benzene rings is 1. The van der Waals surface area contributed by atoms with Crippen LogP contribution in [0.2, 0.25) is 0 Å². The van der Waals surface area contributed by atoms with Crippen LogP contribution >= 0.6 is 23.1 Å². The SMILES string of the molecule is CC[n+]1cc(/N=C(/[O-])CSC2=N/C(=C/c3cccs3)C(=O)N2c2ccccc2)on1. The molecule has 0 bridgehead atoms. The van der Waals surface area contributed by atoms with Gasteiger partial charge in [-0.2, -0.15) is 0 Å². The van der Waals surface area contributed by atoms with Gasteiger partial charge < -0.3 is 5.11 Å². The lowest BCUT2D eigenvalue weighted by Gasteiger charge is -2.18. The molecule has 152 valence electrons. The molecule has 0 N–H and O–H groups in total. The van der Waals surface area contributed by atoms with Crippen molar-refractivity contribution in [2.45, 2.75) is 13.5 Å². The number of carbonyl (C=O) groups excluding carboxylic acids is 1. The fourth-order valence-electron chi connectivity index (χ4n) is 2.65. The summed E-state index contributed by atoms with van der Waals surface area (Å²) in [5, 5.41) is 18.4. The number of para-hydroxylation sites is 1. The highest BCUT2D eigenvalue weighted by Crippen LogP contribution is 2.29. The quantitative estimate of drug-likeness (QED) is 0.254. The number of aromatic nitrogens is 2. The molecular weight excluding hydrogens is 422 g/mol. The number of rotatable bonds is 6. The number of amides is 1. The van der Waals surface area contributed by atoms with E-state index in [9.17, 15) is 9.90 Å². The zero-order chi connectivity index (χ0) is 20.9. The summed E-state index contributed by atoms with van der Waals surface area (Å²) in [6.07, 6.45) is 3.30. The summed E-state index contributed by atoms with van der Waals surface area (Å²) >= 11 is 2.68. The average Bonchev–Trinajstić information content (AvgIpc) is 3.49. The van der Waals surface area contributed by atoms with Crippen molar-refractivity contribution >= 4 is 57.7 Å². The molecule has 30 heavy (non-hydrogen) atoms. The normalized spacial score (nSPS) is 15.8. The minimum absolute atomic E-state index is 0.00849. The van der Waals surface area contributed by atoms with Crippen LogP contribution in [0.5, 0.6) is 0 Å². The standard InChI is InChI=1S/C20H17N5O3S2/c1-2-24-12-18(28-23-24)22-17(26)13-30-20-21-16(11-15-9-6-10-29-15)19(27)25(20)14-7-4-3-5-8-14/h3-12H,2,13H2,1H3/b16-11+. The summed E-state index contributed by atoms with van der Waals surface area (Å²) in [5.74, 6) is -0.488. The third-order valence-corrected chi connectivity index (χ3v) is 5.79. The lowest BCUT2D eigenvalue weighted by molar-refractivity contribution is -0.759. The van der Waals surface area contributed by atoms with E-state index >= 15 is 0 Å². The molecule has 3 heterocycles. The second-order valence-corrected chi connectivity index (χ2v) is 8.03. The van der Waals surface area contributed by atoms with Crippen LogP contribution in [-0.4, -0.2) is 28.0 Å². The molecule has 0 aliphatic carbocycles. The molecular formula is C20H17N5O3S2. The van der Waals surface area contributed by atoms with Gasteiger partial charge in [0.15, 0.2) is 11.7 Å². The number of aliphatic imine (C=N–C) groups is 2. The summed E-state index contributed by atoms with van der Waals surface area (Å²) in [6, 6.07) is 13.0. The summed E-state index contributed by atoms with van der Waals surface area (Å²) < 4.78 is 6.53. The summed E-state index contributed by atoms with van der Waals surface area (Å²) in [7, 11) is 0. The molecule has 2 aromatic heterocycles. The van der Waals surface area contributed by atoms with Gasteiger partial charge in [-0.1, -0.05) is 40.7 Å². The maximum Gasteiger partial charge on any atom is 0.320 e. The topological polar surface area (TPSA) is 98.0 Å². The predicted molar refractivity (Wildman–Crippen MR) is 116 cm³/mol. The number of thiophene rings is 1. The third kappa shape index (κ3) is 4.50. The van der Waals surface area contributed by atoms with Crippen molar-refractivity contribution in [1.82, 2.24) is 5.27 Å². The number of hydrogen-bond acceptors (Lipinski definition) is 8. The van der Waals surface area contributed by atoms with Gasteiger partial charge in [-0.05, 0) is 42.5 Å². The Kier molecular flexibility index (Phi) is 6.05. The fraction of sp³-hybridized carbons (Fsp3) is 0.150. The Labute approximate surface area is 180 Å². The van der Waals surface area contributed by atoms with Gasteiger partial charge in [0.25, 0.3) is 12.1 Å². The largest absolute Gasteiger partial charge is 0.861 e. The van der Waals surface area contributed by atoms with Gasteiger partial charge in [-0.3, -0.25) is 14.2 Å². The Balaban J connectivity index is 1.56. The molecule has 4 rings (SSSR count). The second-order valence-electron chi connectivity index (χ2n) is 6.11. The van der Waals surface area contributed by atoms with Gasteiger partial charge in [-0.15, -0.1) is 11.3 Å². The van der Waals surface area contributed by atoms with Gasteiger partial charge in [0.1, 0.15) is 5.70 Å². The molecule has 1 aromatic carbocycles. The van der Waals surface area contributed by atoms with E-state index in [4.69, 9.17) is 4.52 Å². The van der Waals surface area contributed by atoms with Gasteiger partial charge in [0.2, 0.25) is 5.27 Å². The molecule has 1 aliphatic rings. The van der Waals surface area contributed by atoms with Crippen LogP contribution < -0.4 is 14.7 Å². The molecule has 3 aromatic rings. The predicted octanol–water partition coefficient (Wildman–Crippen LogP) is 2.61. The molecule has 0 fully saturated rings. The van der Waals surface area contributed by atoms with Crippen LogP contribution in [0, 0.1) is 0 Å². The first-order valence-corrected chi connectivity index (χ1v) is 11.0. The Morgan fingerprint density at radius 1 is 1.33 bits per heavy atom. The Hall–Kier alpha value is -3.24. The number of nitrogens with zero attached hydrogens (tertiary/aromatic N) is 5. The van der Waals surface area contributed by atoms with E-state index in [1.807, 2.05) is 54.8 Å². The zero-order valence-corrected chi connectivity index (χ0v) is 17.6. The van der Waals surface area contributed by atoms with Crippen LogP contribution in [-0.2, 0) is 11.3 Å². The highest BCUT2D eigenvalue weighted by molar-refractivity contribution is 8.14. The van der Waals surface area contributed by atoms with E-state index < -0.39 is 5.90 Å². The Bertz CT molecular complexity index is 1120. The molecule has 10 heteroatoms. The van der Waals surface area contributed by atoms with Gasteiger partial charge >= 0.3 is 5.88 Å². The first kappa shape index (κ1) is 20.0. The number of carbonyl (C=O) groups is 1. The van der Waals surface area contributed by atoms with Crippen molar-refractivity contribution in [3.8, 4) is 0 Å². The number of amidine groups is 1. The van der Waals surface area contributed by atoms with Gasteiger partial charge in [-0.25, -0.2) is 9.98 Å². The monoisotopic (exact) mass is 439 g/mol. The lowest BCUT2D eigenvalue weighted by atomic mass is 10.3. The van der Waals surface area contributed by atoms with Crippen LogP contribution in [0.25, 0.3) is 6.08 Å². The molecule has 0 saturated heterocycles. The van der Waals surface area contributed by atoms with E-state index in [0.717, 1.165) is 16.6 Å². The van der Waals surface area contributed by atoms with E-state index in [2.05, 4.69) is 15.3 Å². The minimum atomic E-state index is -0.404. The van der Waals surface area contributed by atoms with E-state index in [1.54, 1.807) is 12.3 Å². The van der Waals surface area contributed by atoms with E-state index in [0.29, 0.717) is 23.1 Å². The molecule has 1 aliphatic heterocycles.